The molecule has 0 aliphatic heterocycles. The summed E-state index contributed by atoms with van der Waals surface area (Å²) in [5.74, 6) is -0.0621. The summed E-state index contributed by atoms with van der Waals surface area (Å²) >= 11 is 12.1. The monoisotopic (exact) mass is 336 g/mol. The van der Waals surface area contributed by atoms with Gasteiger partial charge in [-0.2, -0.15) is 0 Å². The lowest BCUT2D eigenvalue weighted by Gasteiger charge is -2.12. The van der Waals surface area contributed by atoms with Crippen molar-refractivity contribution in [3.63, 3.8) is 0 Å². The number of aromatic nitrogens is 1. The molecule has 3 nitrogen and oxygen atoms in total. The number of carbonyl (C=O) groups excluding carboxylic acids is 1. The number of nitrogens with zero attached hydrogens (tertiary/aromatic N) is 1. The topological polar surface area (TPSA) is 42.0 Å². The fourth-order valence-electron chi connectivity index (χ4n) is 2.40. The zero-order chi connectivity index (χ0) is 16.3. The second-order valence-electron chi connectivity index (χ2n) is 5.30. The first-order valence-electron chi connectivity index (χ1n) is 7.06. The molecule has 1 amide bonds. The van der Waals surface area contributed by atoms with Crippen LogP contribution in [0.25, 0.3) is 0 Å². The van der Waals surface area contributed by atoms with Crippen LogP contribution in [0.2, 0.25) is 10.0 Å². The fraction of sp³-hybridized carbons (Fsp3) is 0.294. The van der Waals surface area contributed by atoms with Crippen LogP contribution in [0, 0.1) is 20.8 Å². The highest BCUT2D eigenvalue weighted by molar-refractivity contribution is 6.42. The molecule has 0 spiro atoms. The maximum absolute atomic E-state index is 12.2. The molecule has 0 fully saturated rings. The van der Waals surface area contributed by atoms with Crippen molar-refractivity contribution >= 4 is 34.8 Å². The van der Waals surface area contributed by atoms with Crippen LogP contribution in [0.5, 0.6) is 0 Å². The first-order valence-corrected chi connectivity index (χ1v) is 7.81. The zero-order valence-electron chi connectivity index (χ0n) is 12.8. The molecule has 2 aromatic rings. The molecule has 1 aromatic carbocycles. The van der Waals surface area contributed by atoms with Crippen LogP contribution >= 0.6 is 23.2 Å². The lowest BCUT2D eigenvalue weighted by molar-refractivity contribution is -0.116. The van der Waals surface area contributed by atoms with E-state index in [4.69, 9.17) is 23.2 Å². The normalized spacial score (nSPS) is 10.6. The molecule has 0 saturated heterocycles. The number of hydrogen-bond donors (Lipinski definition) is 1. The summed E-state index contributed by atoms with van der Waals surface area (Å²) in [4.78, 5) is 16.5. The predicted octanol–water partition coefficient (Wildman–Crippen LogP) is 4.88. The number of carbonyl (C=O) groups is 1. The van der Waals surface area contributed by atoms with Crippen molar-refractivity contribution in [1.82, 2.24) is 4.98 Å². The van der Waals surface area contributed by atoms with Crippen LogP contribution in [0.1, 0.15) is 28.9 Å². The van der Waals surface area contributed by atoms with Gasteiger partial charge in [-0.15, -0.1) is 0 Å². The van der Waals surface area contributed by atoms with E-state index in [1.165, 1.54) is 0 Å². The van der Waals surface area contributed by atoms with Crippen LogP contribution in [0.3, 0.4) is 0 Å². The summed E-state index contributed by atoms with van der Waals surface area (Å²) in [6.45, 7) is 5.79. The standard InChI is InChI=1S/C17H18Cl2N2O/c1-10-9-11(2)20-12(3)17(10)21-15(22)8-7-13-5-4-6-14(18)16(13)19/h4-6,9H,7-8H2,1-3H3,(H,21,22). The van der Waals surface area contributed by atoms with Gasteiger partial charge in [-0.25, -0.2) is 0 Å². The molecule has 1 aromatic heterocycles. The minimum atomic E-state index is -0.0621. The van der Waals surface area contributed by atoms with Crippen molar-refractivity contribution < 1.29 is 4.79 Å². The van der Waals surface area contributed by atoms with Crippen LogP contribution in [0.15, 0.2) is 24.3 Å². The molecule has 2 rings (SSSR count). The van der Waals surface area contributed by atoms with E-state index in [9.17, 15) is 4.79 Å². The molecular weight excluding hydrogens is 319 g/mol. The molecular formula is C17H18Cl2N2O. The predicted molar refractivity (Wildman–Crippen MR) is 91.9 cm³/mol. The van der Waals surface area contributed by atoms with Gasteiger partial charge in [0, 0.05) is 12.1 Å². The summed E-state index contributed by atoms with van der Waals surface area (Å²) in [5.41, 5.74) is 4.44. The van der Waals surface area contributed by atoms with Gasteiger partial charge in [0.05, 0.1) is 21.4 Å². The Balaban J connectivity index is 2.04. The molecule has 1 heterocycles. The Labute approximate surface area is 140 Å². The van der Waals surface area contributed by atoms with Gasteiger partial charge < -0.3 is 5.32 Å². The van der Waals surface area contributed by atoms with E-state index in [-0.39, 0.29) is 5.91 Å². The summed E-state index contributed by atoms with van der Waals surface area (Å²) in [6.07, 6.45) is 0.884. The van der Waals surface area contributed by atoms with Gasteiger partial charge in [-0.3, -0.25) is 9.78 Å². The minimum Gasteiger partial charge on any atom is -0.324 e. The fourth-order valence-corrected chi connectivity index (χ4v) is 2.82. The number of anilines is 1. The van der Waals surface area contributed by atoms with Gasteiger partial charge in [0.25, 0.3) is 0 Å². The Morgan fingerprint density at radius 1 is 1.23 bits per heavy atom. The number of benzene rings is 1. The smallest absolute Gasteiger partial charge is 0.224 e. The van der Waals surface area contributed by atoms with Crippen LogP contribution < -0.4 is 5.32 Å². The first-order chi connectivity index (χ1) is 10.4. The lowest BCUT2D eigenvalue weighted by Crippen LogP contribution is -2.15. The molecule has 116 valence electrons. The van der Waals surface area contributed by atoms with E-state index in [2.05, 4.69) is 10.3 Å². The first kappa shape index (κ1) is 16.8. The highest BCUT2D eigenvalue weighted by Crippen LogP contribution is 2.26. The van der Waals surface area contributed by atoms with Gasteiger partial charge in [0.2, 0.25) is 5.91 Å². The maximum atomic E-state index is 12.2. The Morgan fingerprint density at radius 2 is 1.95 bits per heavy atom. The van der Waals surface area contributed by atoms with Crippen molar-refractivity contribution in [2.45, 2.75) is 33.6 Å². The van der Waals surface area contributed by atoms with Gasteiger partial charge in [0.15, 0.2) is 0 Å². The molecule has 0 radical (unpaired) electrons. The van der Waals surface area contributed by atoms with Gasteiger partial charge in [-0.1, -0.05) is 35.3 Å². The Bertz CT molecular complexity index is 691. The molecule has 22 heavy (non-hydrogen) atoms. The largest absolute Gasteiger partial charge is 0.324 e. The van der Waals surface area contributed by atoms with Crippen molar-refractivity contribution in [2.24, 2.45) is 0 Å². The van der Waals surface area contributed by atoms with E-state index >= 15 is 0 Å². The minimum absolute atomic E-state index is 0.0621. The summed E-state index contributed by atoms with van der Waals surface area (Å²) in [5, 5.41) is 3.96. The Kier molecular flexibility index (Phi) is 5.43. The van der Waals surface area contributed by atoms with Gasteiger partial charge in [-0.05, 0) is 50.5 Å². The second kappa shape index (κ2) is 7.12. The Morgan fingerprint density at radius 3 is 2.64 bits per heavy atom. The maximum Gasteiger partial charge on any atom is 0.224 e. The van der Waals surface area contributed by atoms with Crippen LogP contribution in [-0.2, 0) is 11.2 Å². The van der Waals surface area contributed by atoms with Gasteiger partial charge in [0.1, 0.15) is 0 Å². The van der Waals surface area contributed by atoms with E-state index in [1.54, 1.807) is 6.07 Å². The average molecular weight is 337 g/mol. The number of halogens is 2. The van der Waals surface area contributed by atoms with Crippen molar-refractivity contribution in [3.8, 4) is 0 Å². The molecule has 0 atom stereocenters. The number of nitrogens with one attached hydrogen (secondary N) is 1. The quantitative estimate of drug-likeness (QED) is 0.863. The lowest BCUT2D eigenvalue weighted by atomic mass is 10.1. The molecule has 0 bridgehead atoms. The number of aryl methyl sites for hydroxylation is 4. The third-order valence-corrected chi connectivity index (χ3v) is 4.30. The third kappa shape index (κ3) is 3.99. The van der Waals surface area contributed by atoms with E-state index in [0.717, 1.165) is 28.2 Å². The van der Waals surface area contributed by atoms with Crippen LogP contribution in [0.4, 0.5) is 5.69 Å². The van der Waals surface area contributed by atoms with E-state index in [0.29, 0.717) is 22.9 Å². The molecule has 0 aliphatic rings. The SMILES string of the molecule is Cc1cc(C)c(NC(=O)CCc2cccc(Cl)c2Cl)c(C)n1. The highest BCUT2D eigenvalue weighted by atomic mass is 35.5. The van der Waals surface area contributed by atoms with Gasteiger partial charge >= 0.3 is 0 Å². The average Bonchev–Trinajstić information content (AvgIpc) is 2.44. The van der Waals surface area contributed by atoms with E-state index in [1.807, 2.05) is 39.0 Å². The number of amides is 1. The number of hydrogen-bond acceptors (Lipinski definition) is 2. The summed E-state index contributed by atoms with van der Waals surface area (Å²) in [6, 6.07) is 7.40. The summed E-state index contributed by atoms with van der Waals surface area (Å²) < 4.78 is 0. The zero-order valence-corrected chi connectivity index (χ0v) is 14.3. The van der Waals surface area contributed by atoms with Crippen molar-refractivity contribution in [2.75, 3.05) is 5.32 Å². The molecule has 0 aliphatic carbocycles. The highest BCUT2D eigenvalue weighted by Gasteiger charge is 2.11. The number of pyridine rings is 1. The van der Waals surface area contributed by atoms with E-state index < -0.39 is 0 Å². The second-order valence-corrected chi connectivity index (χ2v) is 6.09. The molecule has 1 N–H and O–H groups in total. The third-order valence-electron chi connectivity index (χ3n) is 3.44. The van der Waals surface area contributed by atoms with Crippen LogP contribution in [-0.4, -0.2) is 10.9 Å². The summed E-state index contributed by atoms with van der Waals surface area (Å²) in [7, 11) is 0. The Hall–Kier alpha value is -1.58. The van der Waals surface area contributed by atoms with Crippen molar-refractivity contribution in [3.05, 3.63) is 56.8 Å². The van der Waals surface area contributed by atoms with Crippen molar-refractivity contribution in [1.29, 1.82) is 0 Å². The molecule has 5 heteroatoms. The molecule has 0 unspecified atom stereocenters. The number of rotatable bonds is 4. The molecule has 0 saturated carbocycles.